The minimum Gasteiger partial charge on any atom is -0.361 e. The molecule has 1 aromatic carbocycles. The lowest BCUT2D eigenvalue weighted by atomic mass is 9.75. The molecule has 1 N–H and O–H groups in total. The highest BCUT2D eigenvalue weighted by atomic mass is 15.1. The van der Waals surface area contributed by atoms with E-state index in [1.807, 2.05) is 6.20 Å². The van der Waals surface area contributed by atoms with Crippen LogP contribution in [0, 0.1) is 0 Å². The van der Waals surface area contributed by atoms with E-state index in [-0.39, 0.29) is 0 Å². The van der Waals surface area contributed by atoms with Crippen molar-refractivity contribution in [3.8, 4) is 0 Å². The Hall–Kier alpha value is -1.28. The van der Waals surface area contributed by atoms with Crippen LogP contribution in [0.5, 0.6) is 0 Å². The minimum atomic E-state index is 0.731. The summed E-state index contributed by atoms with van der Waals surface area (Å²) >= 11 is 0. The van der Waals surface area contributed by atoms with Crippen LogP contribution in [0.4, 0.5) is 0 Å². The van der Waals surface area contributed by atoms with Gasteiger partial charge >= 0.3 is 0 Å². The molecule has 78 valence electrons. The zero-order chi connectivity index (χ0) is 10.4. The van der Waals surface area contributed by atoms with Gasteiger partial charge in [0.05, 0.1) is 0 Å². The van der Waals surface area contributed by atoms with Gasteiger partial charge in [-0.15, -0.1) is 0 Å². The molecule has 1 aliphatic rings. The Morgan fingerprint density at radius 2 is 2.20 bits per heavy atom. The summed E-state index contributed by atoms with van der Waals surface area (Å²) in [7, 11) is 4.30. The first-order valence-electron chi connectivity index (χ1n) is 5.49. The summed E-state index contributed by atoms with van der Waals surface area (Å²) in [5.41, 5.74) is 4.38. The van der Waals surface area contributed by atoms with Crippen molar-refractivity contribution >= 4 is 10.9 Å². The van der Waals surface area contributed by atoms with E-state index in [1.165, 1.54) is 22.9 Å². The molecule has 1 aromatic heterocycles. The average Bonchev–Trinajstić information content (AvgIpc) is 2.58. The smallest absolute Gasteiger partial charge is 0.0457 e. The van der Waals surface area contributed by atoms with Crippen LogP contribution in [0.15, 0.2) is 24.4 Å². The quantitative estimate of drug-likeness (QED) is 0.788. The van der Waals surface area contributed by atoms with Crippen molar-refractivity contribution in [1.82, 2.24) is 9.88 Å². The first kappa shape index (κ1) is 8.98. The fraction of sp³-hybridized carbons (Fsp3) is 0.385. The van der Waals surface area contributed by atoms with Crippen LogP contribution in [0.25, 0.3) is 10.9 Å². The maximum Gasteiger partial charge on any atom is 0.0457 e. The summed E-state index contributed by atoms with van der Waals surface area (Å²) in [4.78, 5) is 5.56. The number of nitrogens with one attached hydrogen (secondary N) is 1. The van der Waals surface area contributed by atoms with Crippen molar-refractivity contribution in [2.24, 2.45) is 0 Å². The van der Waals surface area contributed by atoms with Gasteiger partial charge in [-0.05, 0) is 43.8 Å². The lowest BCUT2D eigenvalue weighted by molar-refractivity contribution is 0.357. The molecule has 0 fully saturated rings. The van der Waals surface area contributed by atoms with E-state index < -0.39 is 0 Å². The minimum absolute atomic E-state index is 0.731. The Balaban J connectivity index is 2.06. The molecule has 2 heteroatoms. The summed E-state index contributed by atoms with van der Waals surface area (Å²) in [5, 5.41) is 1.42. The molecular formula is C13H16N2. The Morgan fingerprint density at radius 1 is 1.33 bits per heavy atom. The van der Waals surface area contributed by atoms with Gasteiger partial charge in [0, 0.05) is 29.6 Å². The number of likely N-dealkylation sites (N-methyl/N-ethyl adjacent to an activating group) is 1. The number of fused-ring (bicyclic) bond motifs is 3. The zero-order valence-electron chi connectivity index (χ0n) is 9.25. The number of rotatable bonds is 2. The van der Waals surface area contributed by atoms with Crippen LogP contribution in [-0.2, 0) is 6.42 Å². The first-order valence-corrected chi connectivity index (χ1v) is 5.49. The number of aromatic nitrogens is 1. The van der Waals surface area contributed by atoms with Gasteiger partial charge in [0.1, 0.15) is 0 Å². The van der Waals surface area contributed by atoms with Crippen molar-refractivity contribution in [3.05, 3.63) is 35.5 Å². The van der Waals surface area contributed by atoms with Crippen LogP contribution in [0.2, 0.25) is 0 Å². The predicted molar refractivity (Wildman–Crippen MR) is 63.3 cm³/mol. The van der Waals surface area contributed by atoms with Gasteiger partial charge in [-0.1, -0.05) is 6.07 Å². The average molecular weight is 200 g/mol. The number of aromatic amines is 1. The topological polar surface area (TPSA) is 19.0 Å². The number of H-pyrrole nitrogens is 1. The molecular weight excluding hydrogens is 184 g/mol. The molecule has 0 saturated carbocycles. The second-order valence-corrected chi connectivity index (χ2v) is 4.74. The molecule has 15 heavy (non-hydrogen) atoms. The third kappa shape index (κ3) is 1.29. The van der Waals surface area contributed by atoms with Gasteiger partial charge in [-0.25, -0.2) is 0 Å². The monoisotopic (exact) mass is 200 g/mol. The molecule has 0 bridgehead atoms. The van der Waals surface area contributed by atoms with Gasteiger partial charge in [-0.2, -0.15) is 0 Å². The van der Waals surface area contributed by atoms with E-state index in [4.69, 9.17) is 0 Å². The van der Waals surface area contributed by atoms with Crippen LogP contribution in [0.1, 0.15) is 17.0 Å². The summed E-state index contributed by atoms with van der Waals surface area (Å²) in [5.74, 6) is 0.731. The van der Waals surface area contributed by atoms with Gasteiger partial charge in [0.15, 0.2) is 0 Å². The summed E-state index contributed by atoms with van der Waals surface area (Å²) < 4.78 is 0. The number of benzene rings is 1. The lowest BCUT2D eigenvalue weighted by Crippen LogP contribution is -2.28. The van der Waals surface area contributed by atoms with Crippen molar-refractivity contribution in [2.75, 3.05) is 20.6 Å². The maximum absolute atomic E-state index is 3.28. The molecule has 3 rings (SSSR count). The van der Waals surface area contributed by atoms with E-state index in [0.717, 1.165) is 12.5 Å². The summed E-state index contributed by atoms with van der Waals surface area (Å²) in [6.07, 6.45) is 3.28. The molecule has 0 spiro atoms. The Bertz CT molecular complexity index is 496. The number of nitrogens with zero attached hydrogens (tertiary/aromatic N) is 1. The van der Waals surface area contributed by atoms with E-state index in [0.29, 0.717) is 0 Å². The molecule has 1 unspecified atom stereocenters. The normalized spacial score (nSPS) is 19.3. The van der Waals surface area contributed by atoms with Gasteiger partial charge < -0.3 is 9.88 Å². The molecule has 1 heterocycles. The van der Waals surface area contributed by atoms with Gasteiger partial charge in [-0.3, -0.25) is 0 Å². The molecule has 1 aliphatic carbocycles. The predicted octanol–water partition coefficient (Wildman–Crippen LogP) is 2.37. The molecule has 0 amide bonds. The fourth-order valence-corrected chi connectivity index (χ4v) is 2.69. The third-order valence-corrected chi connectivity index (χ3v) is 3.33. The zero-order valence-corrected chi connectivity index (χ0v) is 9.25. The molecule has 0 saturated heterocycles. The second kappa shape index (κ2) is 3.11. The molecule has 2 nitrogen and oxygen atoms in total. The highest BCUT2D eigenvalue weighted by Crippen LogP contribution is 2.40. The van der Waals surface area contributed by atoms with Crippen molar-refractivity contribution in [3.63, 3.8) is 0 Å². The van der Waals surface area contributed by atoms with Crippen LogP contribution in [0.3, 0.4) is 0 Å². The largest absolute Gasteiger partial charge is 0.361 e. The fourth-order valence-electron chi connectivity index (χ4n) is 2.69. The Labute approximate surface area is 89.9 Å². The van der Waals surface area contributed by atoms with Crippen molar-refractivity contribution in [2.45, 2.75) is 12.3 Å². The molecule has 1 atom stereocenters. The number of hydrogen-bond acceptors (Lipinski definition) is 1. The first-order chi connectivity index (χ1) is 7.25. The van der Waals surface area contributed by atoms with Crippen LogP contribution >= 0.6 is 0 Å². The summed E-state index contributed by atoms with van der Waals surface area (Å²) in [6, 6.07) is 6.66. The van der Waals surface area contributed by atoms with E-state index in [1.54, 1.807) is 5.56 Å². The van der Waals surface area contributed by atoms with Crippen molar-refractivity contribution < 1.29 is 0 Å². The van der Waals surface area contributed by atoms with E-state index in [9.17, 15) is 0 Å². The molecule has 0 aliphatic heterocycles. The number of hydrogen-bond donors (Lipinski definition) is 1. The van der Waals surface area contributed by atoms with Gasteiger partial charge in [0.25, 0.3) is 0 Å². The van der Waals surface area contributed by atoms with Crippen molar-refractivity contribution in [1.29, 1.82) is 0 Å². The molecule has 0 radical (unpaired) electrons. The maximum atomic E-state index is 3.28. The SMILES string of the molecule is CN(C)CC1Cc2ccc3[nH]ccc3c21. The van der Waals surface area contributed by atoms with Gasteiger partial charge in [0.2, 0.25) is 0 Å². The Morgan fingerprint density at radius 3 is 3.00 bits per heavy atom. The highest BCUT2D eigenvalue weighted by molar-refractivity contribution is 5.86. The molecule has 2 aromatic rings. The highest BCUT2D eigenvalue weighted by Gasteiger charge is 2.28. The second-order valence-electron chi connectivity index (χ2n) is 4.74. The third-order valence-electron chi connectivity index (χ3n) is 3.33. The van der Waals surface area contributed by atoms with Crippen LogP contribution in [-0.4, -0.2) is 30.5 Å². The lowest BCUT2D eigenvalue weighted by Gasteiger charge is -2.33. The van der Waals surface area contributed by atoms with Crippen LogP contribution < -0.4 is 0 Å². The standard InChI is InChI=1S/C13H16N2/c1-15(2)8-10-7-9-3-4-12-11(13(9)10)5-6-14-12/h3-6,10,14H,7-8H2,1-2H3. The van der Waals surface area contributed by atoms with E-state index in [2.05, 4.69) is 42.2 Å². The van der Waals surface area contributed by atoms with E-state index >= 15 is 0 Å². The summed E-state index contributed by atoms with van der Waals surface area (Å²) in [6.45, 7) is 1.16. The Kier molecular flexibility index (Phi) is 1.86.